The van der Waals surface area contributed by atoms with E-state index in [4.69, 9.17) is 10.5 Å². The van der Waals surface area contributed by atoms with Crippen molar-refractivity contribution in [3.8, 4) is 24.0 Å². The first-order chi connectivity index (χ1) is 5.88. The Hall–Kier alpha value is -2.31. The molecule has 0 spiro atoms. The molecule has 0 saturated heterocycles. The van der Waals surface area contributed by atoms with Gasteiger partial charge in [0, 0.05) is 12.1 Å². The SMILES string of the molecule is N#CC#Cc1ncccc1C#N. The smallest absolute Gasteiger partial charge is 0.152 e. The minimum Gasteiger partial charge on any atom is -0.246 e. The highest BCUT2D eigenvalue weighted by Crippen LogP contribution is 2.00. The molecule has 54 valence electrons. The van der Waals surface area contributed by atoms with Crippen LogP contribution in [-0.2, 0) is 0 Å². The fourth-order valence-corrected chi connectivity index (χ4v) is 0.682. The number of nitrogens with zero attached hydrogens (tertiary/aromatic N) is 3. The maximum absolute atomic E-state index is 8.58. The van der Waals surface area contributed by atoms with Gasteiger partial charge in [0.05, 0.1) is 5.56 Å². The Morgan fingerprint density at radius 1 is 1.33 bits per heavy atom. The van der Waals surface area contributed by atoms with Crippen molar-refractivity contribution in [1.82, 2.24) is 4.98 Å². The van der Waals surface area contributed by atoms with Gasteiger partial charge in [-0.3, -0.25) is 0 Å². The van der Waals surface area contributed by atoms with E-state index in [1.54, 1.807) is 18.2 Å². The number of hydrogen-bond donors (Lipinski definition) is 0. The molecule has 0 atom stereocenters. The highest BCUT2D eigenvalue weighted by Gasteiger charge is 1.96. The van der Waals surface area contributed by atoms with E-state index in [2.05, 4.69) is 16.8 Å². The van der Waals surface area contributed by atoms with Crippen LogP contribution in [0.5, 0.6) is 0 Å². The molecule has 0 aliphatic rings. The van der Waals surface area contributed by atoms with Crippen molar-refractivity contribution in [2.75, 3.05) is 0 Å². The monoisotopic (exact) mass is 153 g/mol. The Morgan fingerprint density at radius 2 is 2.17 bits per heavy atom. The molecule has 0 N–H and O–H groups in total. The van der Waals surface area contributed by atoms with Gasteiger partial charge in [-0.25, -0.2) is 4.98 Å². The summed E-state index contributed by atoms with van der Waals surface area (Å²) in [5, 5.41) is 16.7. The van der Waals surface area contributed by atoms with Crippen molar-refractivity contribution in [1.29, 1.82) is 10.5 Å². The van der Waals surface area contributed by atoms with Crippen LogP contribution < -0.4 is 0 Å². The van der Waals surface area contributed by atoms with Crippen LogP contribution in [0.2, 0.25) is 0 Å². The number of aromatic nitrogens is 1. The Labute approximate surface area is 69.9 Å². The Kier molecular flexibility index (Phi) is 2.44. The Morgan fingerprint density at radius 3 is 2.83 bits per heavy atom. The van der Waals surface area contributed by atoms with Gasteiger partial charge in [0.1, 0.15) is 11.8 Å². The zero-order chi connectivity index (χ0) is 8.81. The lowest BCUT2D eigenvalue weighted by Gasteiger charge is -1.89. The third kappa shape index (κ3) is 1.59. The molecule has 0 unspecified atom stereocenters. The number of rotatable bonds is 0. The highest BCUT2D eigenvalue weighted by molar-refractivity contribution is 5.44. The molecule has 12 heavy (non-hydrogen) atoms. The molecule has 1 aromatic heterocycles. The molecule has 0 aliphatic heterocycles. The highest BCUT2D eigenvalue weighted by atomic mass is 14.7. The van der Waals surface area contributed by atoms with E-state index in [1.807, 2.05) is 6.07 Å². The Bertz CT molecular complexity index is 424. The lowest BCUT2D eigenvalue weighted by atomic mass is 10.2. The lowest BCUT2D eigenvalue weighted by molar-refractivity contribution is 1.26. The first kappa shape index (κ1) is 7.79. The summed E-state index contributed by atoms with van der Waals surface area (Å²) in [4.78, 5) is 3.84. The molecule has 0 saturated carbocycles. The summed E-state index contributed by atoms with van der Waals surface area (Å²) >= 11 is 0. The van der Waals surface area contributed by atoms with Crippen molar-refractivity contribution >= 4 is 0 Å². The van der Waals surface area contributed by atoms with E-state index < -0.39 is 0 Å². The van der Waals surface area contributed by atoms with Crippen molar-refractivity contribution in [3.05, 3.63) is 29.6 Å². The molecule has 0 radical (unpaired) electrons. The molecule has 1 rings (SSSR count). The van der Waals surface area contributed by atoms with Gasteiger partial charge in [-0.2, -0.15) is 10.5 Å². The van der Waals surface area contributed by atoms with Crippen LogP contribution in [0.4, 0.5) is 0 Å². The summed E-state index contributed by atoms with van der Waals surface area (Å²) in [5.74, 6) is 4.65. The molecule has 0 bridgehead atoms. The fraction of sp³-hybridized carbons (Fsp3) is 0. The van der Waals surface area contributed by atoms with E-state index >= 15 is 0 Å². The van der Waals surface area contributed by atoms with Crippen LogP contribution >= 0.6 is 0 Å². The second-order valence-corrected chi connectivity index (χ2v) is 1.87. The van der Waals surface area contributed by atoms with Gasteiger partial charge in [-0.1, -0.05) is 0 Å². The van der Waals surface area contributed by atoms with Gasteiger partial charge in [-0.05, 0) is 18.1 Å². The minimum absolute atomic E-state index is 0.349. The van der Waals surface area contributed by atoms with E-state index in [-0.39, 0.29) is 0 Å². The van der Waals surface area contributed by atoms with Crippen LogP contribution in [0.25, 0.3) is 0 Å². The normalized spacial score (nSPS) is 7.17. The summed E-state index contributed by atoms with van der Waals surface area (Å²) in [6.45, 7) is 0. The molecule has 3 heteroatoms. The van der Waals surface area contributed by atoms with Crippen molar-refractivity contribution in [3.63, 3.8) is 0 Å². The summed E-state index contributed by atoms with van der Waals surface area (Å²) < 4.78 is 0. The summed E-state index contributed by atoms with van der Waals surface area (Å²) in [6, 6.07) is 6.84. The van der Waals surface area contributed by atoms with E-state index in [0.29, 0.717) is 11.3 Å². The van der Waals surface area contributed by atoms with Crippen LogP contribution in [0.1, 0.15) is 11.3 Å². The minimum atomic E-state index is 0.349. The first-order valence-corrected chi connectivity index (χ1v) is 3.13. The van der Waals surface area contributed by atoms with Crippen LogP contribution in [0.3, 0.4) is 0 Å². The second-order valence-electron chi connectivity index (χ2n) is 1.87. The van der Waals surface area contributed by atoms with Gasteiger partial charge in [0.25, 0.3) is 0 Å². The van der Waals surface area contributed by atoms with Crippen LogP contribution in [0, 0.1) is 34.5 Å². The standard InChI is InChI=1S/C9H3N3/c10-5-1-4-9-8(7-11)3-2-6-12-9/h2-3,6H. The number of hydrogen-bond acceptors (Lipinski definition) is 3. The molecule has 0 aliphatic carbocycles. The summed E-state index contributed by atoms with van der Waals surface area (Å²) in [7, 11) is 0. The topological polar surface area (TPSA) is 60.5 Å². The fourth-order valence-electron chi connectivity index (χ4n) is 0.682. The van der Waals surface area contributed by atoms with E-state index in [0.717, 1.165) is 0 Å². The van der Waals surface area contributed by atoms with Crippen molar-refractivity contribution in [2.24, 2.45) is 0 Å². The zero-order valence-electron chi connectivity index (χ0n) is 6.07. The molecule has 1 aromatic rings. The maximum Gasteiger partial charge on any atom is 0.152 e. The van der Waals surface area contributed by atoms with Crippen molar-refractivity contribution < 1.29 is 0 Å². The predicted molar refractivity (Wildman–Crippen MR) is 41.4 cm³/mol. The van der Waals surface area contributed by atoms with Crippen molar-refractivity contribution in [2.45, 2.75) is 0 Å². The number of pyridine rings is 1. The quantitative estimate of drug-likeness (QED) is 0.518. The molecule has 0 aromatic carbocycles. The largest absolute Gasteiger partial charge is 0.246 e. The molecule has 0 fully saturated rings. The van der Waals surface area contributed by atoms with Crippen LogP contribution in [-0.4, -0.2) is 4.98 Å². The summed E-state index contributed by atoms with van der Waals surface area (Å²) in [5.41, 5.74) is 0.738. The molecule has 3 nitrogen and oxygen atoms in total. The average Bonchev–Trinajstić information content (AvgIpc) is 2.15. The maximum atomic E-state index is 8.58. The van der Waals surface area contributed by atoms with Gasteiger partial charge in [0.15, 0.2) is 6.07 Å². The van der Waals surface area contributed by atoms with E-state index in [1.165, 1.54) is 6.20 Å². The predicted octanol–water partition coefficient (Wildman–Crippen LogP) is 0.828. The third-order valence-electron chi connectivity index (χ3n) is 1.16. The second kappa shape index (κ2) is 3.76. The third-order valence-corrected chi connectivity index (χ3v) is 1.16. The number of nitriles is 2. The molecular formula is C9H3N3. The zero-order valence-corrected chi connectivity index (χ0v) is 6.07. The van der Waals surface area contributed by atoms with E-state index in [9.17, 15) is 0 Å². The van der Waals surface area contributed by atoms with Gasteiger partial charge in [0.2, 0.25) is 0 Å². The van der Waals surface area contributed by atoms with Gasteiger partial charge in [-0.15, -0.1) is 0 Å². The Balaban J connectivity index is 3.18. The molecule has 1 heterocycles. The first-order valence-electron chi connectivity index (χ1n) is 3.13. The summed E-state index contributed by atoms with van der Waals surface area (Å²) in [6.07, 6.45) is 1.53. The van der Waals surface area contributed by atoms with Gasteiger partial charge < -0.3 is 0 Å². The molecule has 0 amide bonds. The molecular weight excluding hydrogens is 150 g/mol. The lowest BCUT2D eigenvalue weighted by Crippen LogP contribution is -1.86. The average molecular weight is 153 g/mol. The van der Waals surface area contributed by atoms with Gasteiger partial charge >= 0.3 is 0 Å². The van der Waals surface area contributed by atoms with Crippen LogP contribution in [0.15, 0.2) is 18.3 Å².